The number of carbonyl (C=O) groups is 6. The molecule has 0 aromatic rings. The van der Waals surface area contributed by atoms with Gasteiger partial charge < -0.3 is 43.9 Å². The van der Waals surface area contributed by atoms with E-state index < -0.39 is 35.8 Å². The van der Waals surface area contributed by atoms with Crippen molar-refractivity contribution in [3.8, 4) is 0 Å². The van der Waals surface area contributed by atoms with Gasteiger partial charge >= 0.3 is 64.6 Å². The van der Waals surface area contributed by atoms with Gasteiger partial charge in [0.25, 0.3) is 0 Å². The predicted octanol–water partition coefficient (Wildman–Crippen LogP) is 23.7. The van der Waals surface area contributed by atoms with Gasteiger partial charge in [0.2, 0.25) is 0 Å². The van der Waals surface area contributed by atoms with Crippen LogP contribution >= 0.6 is 0 Å². The molecule has 0 spiro atoms. The van der Waals surface area contributed by atoms with Crippen LogP contribution in [-0.4, -0.2) is 78.2 Å². The van der Waals surface area contributed by atoms with Gasteiger partial charge in [0, 0.05) is 16.7 Å². The molecular formula is C88H162O12Sn. The summed E-state index contributed by atoms with van der Waals surface area (Å²) in [6, 6.07) is 0. The first-order chi connectivity index (χ1) is 49.1. The Hall–Kier alpha value is -3.16. The van der Waals surface area contributed by atoms with Crippen LogP contribution in [0.2, 0.25) is 4.44 Å². The maximum atomic E-state index is 12.8. The van der Waals surface area contributed by atoms with Crippen LogP contribution in [0.1, 0.15) is 467 Å². The molecule has 13 heteroatoms. The Morgan fingerprint density at radius 2 is 0.337 bits per heavy atom. The van der Waals surface area contributed by atoms with Crippen LogP contribution in [0.15, 0.2) is 33.4 Å². The zero-order valence-corrected chi connectivity index (χ0v) is 70.9. The summed E-state index contributed by atoms with van der Waals surface area (Å²) in [6.45, 7) is 23.1. The van der Waals surface area contributed by atoms with E-state index in [0.717, 1.165) is 173 Å². The van der Waals surface area contributed by atoms with Crippen LogP contribution in [-0.2, 0) is 43.0 Å². The van der Waals surface area contributed by atoms with Gasteiger partial charge in [-0.25, -0.2) is 14.4 Å². The van der Waals surface area contributed by atoms with Crippen molar-refractivity contribution in [2.75, 3.05) is 19.8 Å². The second-order valence-corrected chi connectivity index (χ2v) is 30.1. The average Bonchev–Trinajstić information content (AvgIpc) is 0.961. The molecule has 0 saturated carbocycles. The van der Waals surface area contributed by atoms with Gasteiger partial charge in [0.1, 0.15) is 0 Å². The van der Waals surface area contributed by atoms with E-state index in [1.165, 1.54) is 191 Å². The number of hydrogen-bond acceptors (Lipinski definition) is 12. The van der Waals surface area contributed by atoms with Crippen LogP contribution < -0.4 is 15.3 Å². The second kappa shape index (κ2) is 85.8. The van der Waals surface area contributed by atoms with Gasteiger partial charge in [-0.3, -0.25) is 0 Å². The fourth-order valence-electron chi connectivity index (χ4n) is 12.3. The molecule has 0 fully saturated rings. The van der Waals surface area contributed by atoms with E-state index in [-0.39, 0.29) is 16.7 Å². The molecule has 0 saturated heterocycles. The van der Waals surface area contributed by atoms with Crippen molar-refractivity contribution in [1.82, 2.24) is 0 Å². The summed E-state index contributed by atoms with van der Waals surface area (Å²) in [6.07, 6.45) is 65.0. The van der Waals surface area contributed by atoms with E-state index in [9.17, 15) is 44.1 Å². The molecule has 0 aliphatic carbocycles. The molecule has 0 amide bonds. The third kappa shape index (κ3) is 72.2. The molecule has 0 aliphatic heterocycles. The van der Waals surface area contributed by atoms with Gasteiger partial charge in [-0.05, 0) is 113 Å². The molecule has 0 heterocycles. The van der Waals surface area contributed by atoms with Crippen LogP contribution in [0, 0.1) is 0 Å². The molecule has 0 aliphatic rings. The Morgan fingerprint density at radius 1 is 0.198 bits per heavy atom. The van der Waals surface area contributed by atoms with E-state index in [1.54, 1.807) is 22.5 Å². The molecule has 0 aromatic heterocycles. The number of aliphatic carboxylic acids is 3. The second-order valence-electron chi connectivity index (χ2n) is 28.7. The number of esters is 3. The Morgan fingerprint density at radius 3 is 0.475 bits per heavy atom. The number of carboxylic acid groups (broad SMARTS) is 3. The monoisotopic (exact) mass is 1530 g/mol. The van der Waals surface area contributed by atoms with Gasteiger partial charge in [-0.1, -0.05) is 351 Å². The van der Waals surface area contributed by atoms with Crippen molar-refractivity contribution in [3.05, 3.63) is 33.4 Å². The first kappa shape index (κ1) is 104. The van der Waals surface area contributed by atoms with E-state index in [1.807, 2.05) is 0 Å². The van der Waals surface area contributed by atoms with Crippen LogP contribution in [0.3, 0.4) is 0 Å². The van der Waals surface area contributed by atoms with Crippen LogP contribution in [0.25, 0.3) is 0 Å². The molecule has 590 valence electrons. The molecule has 0 atom stereocenters. The van der Waals surface area contributed by atoms with Crippen molar-refractivity contribution in [2.45, 2.75) is 472 Å². The minimum absolute atomic E-state index is 0.182. The summed E-state index contributed by atoms with van der Waals surface area (Å²) in [7, 11) is 0. The first-order valence-electron chi connectivity index (χ1n) is 43.1. The Balaban J connectivity index is -0.000000674. The summed E-state index contributed by atoms with van der Waals surface area (Å²) in [4.78, 5) is 74.0. The standard InChI is InChI=1S/3C28H52O4.C4H9.Sn/c3*1-4-7-10-13-16-19-22-25(27(29)30)26(23-20-17-14-11-8-5-2)28(31)32-24-21-18-15-12-9-6-3;1-3-4-2;/h3*4-24H2,1-3H3,(H,29,30);1,3-4H2,2H3;/q;;;;+3/p-3/b3*26-25-;;. The molecule has 0 aromatic carbocycles. The van der Waals surface area contributed by atoms with E-state index in [4.69, 9.17) is 14.2 Å². The van der Waals surface area contributed by atoms with Gasteiger partial charge in [-0.2, -0.15) is 0 Å². The average molecular weight is 1530 g/mol. The summed E-state index contributed by atoms with van der Waals surface area (Å²) < 4.78 is 18.0. The van der Waals surface area contributed by atoms with E-state index in [2.05, 4.69) is 69.2 Å². The molecule has 0 N–H and O–H groups in total. The zero-order valence-electron chi connectivity index (χ0n) is 68.1. The van der Waals surface area contributed by atoms with Crippen LogP contribution in [0.5, 0.6) is 0 Å². The Bertz CT molecular complexity index is 1760. The molecule has 0 unspecified atom stereocenters. The minimum atomic E-state index is -1.20. The van der Waals surface area contributed by atoms with E-state index in [0.29, 0.717) is 75.1 Å². The summed E-state index contributed by atoms with van der Waals surface area (Å²) in [5.74, 6) is -4.89. The number of hydrogen-bond donors (Lipinski definition) is 0. The zero-order chi connectivity index (χ0) is 75.7. The third-order valence-electron chi connectivity index (χ3n) is 19.0. The third-order valence-corrected chi connectivity index (χ3v) is 20.0. The Kier molecular flexibility index (Phi) is 88.5. The molecular weight excluding hydrogens is 1370 g/mol. The van der Waals surface area contributed by atoms with Gasteiger partial charge in [0.05, 0.1) is 37.7 Å². The first-order valence-corrected chi connectivity index (χ1v) is 45.1. The quantitative estimate of drug-likeness (QED) is 0.0184. The SMILES string of the molecule is CCCCCCCCOC(=O)/C(CCCCCCCC)=C(/CCCCCCCC)C(=O)[O-].CCCCCCCCOC(=O)/C(CCCCCCCC)=C(/CCCCCCCC)C(=O)[O-].CCCCCCCCOC(=O)/C(CCCCCCCC)=C(/CCCCCCCC)C(=O)[O-].CCC[CH2][Sn+3]. The summed E-state index contributed by atoms with van der Waals surface area (Å²) >= 11 is 1.68. The van der Waals surface area contributed by atoms with Crippen molar-refractivity contribution >= 4 is 58.3 Å². The molecule has 101 heavy (non-hydrogen) atoms. The van der Waals surface area contributed by atoms with Crippen LogP contribution in [0.4, 0.5) is 0 Å². The summed E-state index contributed by atoms with van der Waals surface area (Å²) in [5.41, 5.74) is 1.63. The predicted molar refractivity (Wildman–Crippen MR) is 423 cm³/mol. The summed E-state index contributed by atoms with van der Waals surface area (Å²) in [5, 5.41) is 35.7. The van der Waals surface area contributed by atoms with Crippen molar-refractivity contribution in [1.29, 1.82) is 0 Å². The van der Waals surface area contributed by atoms with Crippen molar-refractivity contribution in [3.63, 3.8) is 0 Å². The topological polar surface area (TPSA) is 199 Å². The number of unbranched alkanes of at least 4 members (excludes halogenated alkanes) is 46. The number of carbonyl (C=O) groups excluding carboxylic acids is 6. The normalized spacial score (nSPS) is 11.8. The number of rotatable bonds is 71. The fraction of sp³-hybridized carbons (Fsp3) is 0.864. The molecule has 0 radical (unpaired) electrons. The van der Waals surface area contributed by atoms with Crippen molar-refractivity contribution in [2.24, 2.45) is 0 Å². The van der Waals surface area contributed by atoms with Crippen molar-refractivity contribution < 1.29 is 58.3 Å². The van der Waals surface area contributed by atoms with E-state index >= 15 is 0 Å². The maximum absolute atomic E-state index is 12.8. The number of carboxylic acids is 3. The molecule has 0 bridgehead atoms. The molecule has 0 rings (SSSR count). The number of ether oxygens (including phenoxy) is 3. The van der Waals surface area contributed by atoms with Gasteiger partial charge in [0.15, 0.2) is 0 Å². The van der Waals surface area contributed by atoms with Gasteiger partial charge in [-0.15, -0.1) is 0 Å². The fourth-order valence-corrected chi connectivity index (χ4v) is 13.3. The Labute approximate surface area is 637 Å². The molecule has 12 nitrogen and oxygen atoms in total.